The monoisotopic (exact) mass is 523 g/mol. The fourth-order valence-electron chi connectivity index (χ4n) is 4.22. The largest absolute Gasteiger partial charge is 0.497 e. The predicted octanol–water partition coefficient (Wildman–Crippen LogP) is 3.97. The number of sulfonamides is 1. The van der Waals surface area contributed by atoms with E-state index in [4.69, 9.17) is 9.47 Å². The van der Waals surface area contributed by atoms with Crippen molar-refractivity contribution >= 4 is 38.9 Å². The SMILES string of the molecule is COc1ccc(S(=O)(=O)N(CC(=O)Nc2ccc(C)c(N3CCCC3=O)c2)c2ccccc2OC)cc1. The van der Waals surface area contributed by atoms with Gasteiger partial charge in [0.15, 0.2) is 0 Å². The van der Waals surface area contributed by atoms with E-state index in [1.165, 1.54) is 26.4 Å². The number of carbonyl (C=O) groups excluding carboxylic acids is 2. The molecule has 0 spiro atoms. The summed E-state index contributed by atoms with van der Waals surface area (Å²) in [6.07, 6.45) is 1.28. The van der Waals surface area contributed by atoms with Crippen molar-refractivity contribution < 1.29 is 27.5 Å². The molecule has 0 atom stereocenters. The van der Waals surface area contributed by atoms with Gasteiger partial charge in [0.2, 0.25) is 11.8 Å². The van der Waals surface area contributed by atoms with Gasteiger partial charge in [-0.25, -0.2) is 8.42 Å². The van der Waals surface area contributed by atoms with Crippen LogP contribution in [0.15, 0.2) is 71.6 Å². The van der Waals surface area contributed by atoms with Crippen molar-refractivity contribution in [2.24, 2.45) is 0 Å². The van der Waals surface area contributed by atoms with Crippen LogP contribution in [0.4, 0.5) is 17.1 Å². The maximum absolute atomic E-state index is 13.7. The van der Waals surface area contributed by atoms with E-state index >= 15 is 0 Å². The van der Waals surface area contributed by atoms with Gasteiger partial charge < -0.3 is 19.7 Å². The van der Waals surface area contributed by atoms with Crippen LogP contribution in [0, 0.1) is 6.92 Å². The van der Waals surface area contributed by atoms with Gasteiger partial charge in [-0.05, 0) is 67.4 Å². The average Bonchev–Trinajstić information content (AvgIpc) is 3.33. The molecule has 10 heteroatoms. The lowest BCUT2D eigenvalue weighted by Gasteiger charge is -2.26. The number of rotatable bonds is 9. The summed E-state index contributed by atoms with van der Waals surface area (Å²) in [5.74, 6) is 0.301. The van der Waals surface area contributed by atoms with Gasteiger partial charge in [-0.2, -0.15) is 0 Å². The Balaban J connectivity index is 1.65. The molecule has 1 heterocycles. The maximum atomic E-state index is 13.7. The number of carbonyl (C=O) groups is 2. The van der Waals surface area contributed by atoms with Crippen molar-refractivity contribution in [3.63, 3.8) is 0 Å². The summed E-state index contributed by atoms with van der Waals surface area (Å²) in [5, 5.41) is 2.78. The Kier molecular flexibility index (Phi) is 7.68. The van der Waals surface area contributed by atoms with Crippen LogP contribution >= 0.6 is 0 Å². The molecule has 3 aromatic rings. The van der Waals surface area contributed by atoms with E-state index in [0.717, 1.165) is 22.0 Å². The highest BCUT2D eigenvalue weighted by Gasteiger charge is 2.30. The molecule has 2 amide bonds. The van der Waals surface area contributed by atoms with E-state index in [1.807, 2.05) is 13.0 Å². The third-order valence-corrected chi connectivity index (χ3v) is 7.92. The molecule has 1 saturated heterocycles. The van der Waals surface area contributed by atoms with E-state index < -0.39 is 22.5 Å². The summed E-state index contributed by atoms with van der Waals surface area (Å²) in [4.78, 5) is 27.2. The summed E-state index contributed by atoms with van der Waals surface area (Å²) >= 11 is 0. The molecule has 1 fully saturated rings. The van der Waals surface area contributed by atoms with Crippen LogP contribution in [0.5, 0.6) is 11.5 Å². The Morgan fingerprint density at radius 1 is 1.03 bits per heavy atom. The zero-order valence-corrected chi connectivity index (χ0v) is 21.7. The van der Waals surface area contributed by atoms with Crippen LogP contribution in [0.1, 0.15) is 18.4 Å². The second kappa shape index (κ2) is 10.9. The van der Waals surface area contributed by atoms with Crippen LogP contribution in [0.2, 0.25) is 0 Å². The normalized spacial score (nSPS) is 13.4. The van der Waals surface area contributed by atoms with Gasteiger partial charge in [-0.1, -0.05) is 18.2 Å². The number of amides is 2. The first-order valence-electron chi connectivity index (χ1n) is 11.8. The third kappa shape index (κ3) is 5.54. The highest BCUT2D eigenvalue weighted by atomic mass is 32.2. The van der Waals surface area contributed by atoms with Gasteiger partial charge in [-0.15, -0.1) is 0 Å². The number of nitrogens with one attached hydrogen (secondary N) is 1. The van der Waals surface area contributed by atoms with Gasteiger partial charge in [0.25, 0.3) is 10.0 Å². The van der Waals surface area contributed by atoms with E-state index in [2.05, 4.69) is 5.32 Å². The first-order valence-corrected chi connectivity index (χ1v) is 13.2. The average molecular weight is 524 g/mol. The van der Waals surface area contributed by atoms with E-state index in [-0.39, 0.29) is 16.5 Å². The molecule has 9 nitrogen and oxygen atoms in total. The molecule has 3 aromatic carbocycles. The Morgan fingerprint density at radius 2 is 1.76 bits per heavy atom. The molecule has 0 unspecified atom stereocenters. The van der Waals surface area contributed by atoms with Crippen molar-refractivity contribution in [2.75, 3.05) is 41.8 Å². The summed E-state index contributed by atoms with van der Waals surface area (Å²) in [5.41, 5.74) is 2.33. The lowest BCUT2D eigenvalue weighted by atomic mass is 10.1. The molecule has 0 bridgehead atoms. The molecule has 37 heavy (non-hydrogen) atoms. The van der Waals surface area contributed by atoms with Gasteiger partial charge >= 0.3 is 0 Å². The quantitative estimate of drug-likeness (QED) is 0.455. The van der Waals surface area contributed by atoms with Crippen LogP contribution < -0.4 is 24.0 Å². The molecule has 1 aliphatic rings. The number of hydrogen-bond donors (Lipinski definition) is 1. The number of aryl methyl sites for hydroxylation is 1. The smallest absolute Gasteiger partial charge is 0.264 e. The first kappa shape index (κ1) is 26.0. The topological polar surface area (TPSA) is 105 Å². The second-order valence-electron chi connectivity index (χ2n) is 8.56. The van der Waals surface area contributed by atoms with Crippen molar-refractivity contribution in [1.29, 1.82) is 0 Å². The number of nitrogens with zero attached hydrogens (tertiary/aromatic N) is 2. The minimum atomic E-state index is -4.15. The minimum Gasteiger partial charge on any atom is -0.497 e. The lowest BCUT2D eigenvalue weighted by Crippen LogP contribution is -2.38. The Labute approximate surface area is 216 Å². The van der Waals surface area contributed by atoms with Gasteiger partial charge in [0.05, 0.1) is 24.8 Å². The highest BCUT2D eigenvalue weighted by Crippen LogP contribution is 2.33. The van der Waals surface area contributed by atoms with E-state index in [0.29, 0.717) is 30.2 Å². The number of anilines is 3. The van der Waals surface area contributed by atoms with Gasteiger partial charge in [0, 0.05) is 24.3 Å². The highest BCUT2D eigenvalue weighted by molar-refractivity contribution is 7.92. The number of benzene rings is 3. The van der Waals surface area contributed by atoms with Crippen molar-refractivity contribution in [3.05, 3.63) is 72.3 Å². The third-order valence-electron chi connectivity index (χ3n) is 6.15. The lowest BCUT2D eigenvalue weighted by molar-refractivity contribution is -0.117. The molecule has 1 aliphatic heterocycles. The molecular formula is C27H29N3O6S. The molecule has 1 N–H and O–H groups in total. The van der Waals surface area contributed by atoms with E-state index in [1.54, 1.807) is 53.4 Å². The summed E-state index contributed by atoms with van der Waals surface area (Å²) in [6, 6.07) is 17.8. The fourth-order valence-corrected chi connectivity index (χ4v) is 5.65. The Hall–Kier alpha value is -4.05. The molecule has 0 aliphatic carbocycles. The van der Waals surface area contributed by atoms with Crippen molar-refractivity contribution in [2.45, 2.75) is 24.7 Å². The Bertz CT molecular complexity index is 1410. The molecule has 0 radical (unpaired) electrons. The first-order chi connectivity index (χ1) is 17.7. The van der Waals surface area contributed by atoms with Crippen LogP contribution in [0.3, 0.4) is 0 Å². The van der Waals surface area contributed by atoms with Crippen LogP contribution in [-0.4, -0.2) is 47.5 Å². The van der Waals surface area contributed by atoms with Crippen LogP contribution in [-0.2, 0) is 19.6 Å². The summed E-state index contributed by atoms with van der Waals surface area (Å²) in [6.45, 7) is 2.02. The maximum Gasteiger partial charge on any atom is 0.264 e. The molecule has 0 aromatic heterocycles. The Morgan fingerprint density at radius 3 is 2.41 bits per heavy atom. The predicted molar refractivity (Wildman–Crippen MR) is 142 cm³/mol. The van der Waals surface area contributed by atoms with Crippen molar-refractivity contribution in [3.8, 4) is 11.5 Å². The second-order valence-corrected chi connectivity index (χ2v) is 10.4. The molecule has 0 saturated carbocycles. The minimum absolute atomic E-state index is 0.00262. The zero-order valence-electron chi connectivity index (χ0n) is 20.9. The molecule has 4 rings (SSSR count). The summed E-state index contributed by atoms with van der Waals surface area (Å²) < 4.78 is 39.0. The van der Waals surface area contributed by atoms with Crippen molar-refractivity contribution in [1.82, 2.24) is 0 Å². The summed E-state index contributed by atoms with van der Waals surface area (Å²) in [7, 11) is -1.22. The zero-order chi connectivity index (χ0) is 26.6. The van der Waals surface area contributed by atoms with Gasteiger partial charge in [0.1, 0.15) is 18.0 Å². The number of para-hydroxylation sites is 2. The van der Waals surface area contributed by atoms with Gasteiger partial charge in [-0.3, -0.25) is 13.9 Å². The number of hydrogen-bond acceptors (Lipinski definition) is 6. The molecule has 194 valence electrons. The number of methoxy groups -OCH3 is 2. The number of ether oxygens (including phenoxy) is 2. The standard InChI is InChI=1S/C27H29N3O6S/c1-19-10-11-20(17-24(19)29-16-6-9-27(29)32)28-26(31)18-30(23-7-4-5-8-25(23)36-3)37(33,34)22-14-12-21(35-2)13-15-22/h4-5,7-8,10-15,17H,6,9,16,18H2,1-3H3,(H,28,31). The fraction of sp³-hybridized carbons (Fsp3) is 0.259. The van der Waals surface area contributed by atoms with E-state index in [9.17, 15) is 18.0 Å². The van der Waals surface area contributed by atoms with Crippen LogP contribution in [0.25, 0.3) is 0 Å². The molecular weight excluding hydrogens is 494 g/mol.